The first kappa shape index (κ1) is 14.3. The predicted octanol–water partition coefficient (Wildman–Crippen LogP) is 2.70. The monoisotopic (exact) mass is 272 g/mol. The fourth-order valence-electron chi connectivity index (χ4n) is 2.82. The molecule has 2 atom stereocenters. The molecule has 2 N–H and O–H groups in total. The molecule has 0 saturated carbocycles. The molecule has 106 valence electrons. The molecule has 19 heavy (non-hydrogen) atoms. The molecule has 0 radical (unpaired) electrons. The van der Waals surface area contributed by atoms with Crippen molar-refractivity contribution >= 4 is 0 Å². The number of alkyl halides is 3. The van der Waals surface area contributed by atoms with Gasteiger partial charge in [0.25, 0.3) is 0 Å². The first-order valence-electron chi connectivity index (χ1n) is 6.46. The van der Waals surface area contributed by atoms with Crippen molar-refractivity contribution in [1.29, 1.82) is 0 Å². The summed E-state index contributed by atoms with van der Waals surface area (Å²) in [6, 6.07) is 5.67. The fourth-order valence-corrected chi connectivity index (χ4v) is 2.82. The summed E-state index contributed by atoms with van der Waals surface area (Å²) in [5, 5.41) is 0. The van der Waals surface area contributed by atoms with Crippen molar-refractivity contribution < 1.29 is 13.2 Å². The van der Waals surface area contributed by atoms with Crippen molar-refractivity contribution in [3.05, 3.63) is 35.4 Å². The molecule has 2 unspecified atom stereocenters. The Morgan fingerprint density at radius 1 is 1.32 bits per heavy atom. The van der Waals surface area contributed by atoms with E-state index in [0.717, 1.165) is 31.1 Å². The third kappa shape index (κ3) is 3.48. The average Bonchev–Trinajstić information content (AvgIpc) is 2.37. The topological polar surface area (TPSA) is 29.3 Å². The van der Waals surface area contributed by atoms with Crippen molar-refractivity contribution in [3.63, 3.8) is 0 Å². The summed E-state index contributed by atoms with van der Waals surface area (Å²) in [5.74, 6) is 0.493. The summed E-state index contributed by atoms with van der Waals surface area (Å²) < 4.78 is 38.2. The lowest BCUT2D eigenvalue weighted by Gasteiger charge is -2.35. The third-order valence-electron chi connectivity index (χ3n) is 3.74. The summed E-state index contributed by atoms with van der Waals surface area (Å²) in [6.45, 7) is 2.30. The van der Waals surface area contributed by atoms with Crippen LogP contribution >= 0.6 is 0 Å². The molecule has 0 spiro atoms. The van der Waals surface area contributed by atoms with Gasteiger partial charge in [-0.2, -0.15) is 13.2 Å². The lowest BCUT2D eigenvalue weighted by Crippen LogP contribution is -2.39. The van der Waals surface area contributed by atoms with Gasteiger partial charge in [0.1, 0.15) is 0 Å². The summed E-state index contributed by atoms with van der Waals surface area (Å²) in [4.78, 5) is 2.14. The molecule has 1 aliphatic rings. The van der Waals surface area contributed by atoms with Crippen LogP contribution in [0.4, 0.5) is 13.2 Å². The number of piperidine rings is 1. The Morgan fingerprint density at radius 3 is 2.68 bits per heavy atom. The van der Waals surface area contributed by atoms with E-state index in [-0.39, 0.29) is 5.92 Å². The Kier molecular flexibility index (Phi) is 4.16. The van der Waals surface area contributed by atoms with Crippen LogP contribution < -0.4 is 5.73 Å². The molecule has 5 heteroatoms. The van der Waals surface area contributed by atoms with E-state index in [2.05, 4.69) is 4.90 Å². The van der Waals surface area contributed by atoms with E-state index in [1.54, 1.807) is 6.07 Å². The van der Waals surface area contributed by atoms with Crippen LogP contribution in [0.1, 0.15) is 23.5 Å². The quantitative estimate of drug-likeness (QED) is 0.897. The molecule has 0 aromatic heterocycles. The zero-order valence-electron chi connectivity index (χ0n) is 11.0. The lowest BCUT2D eigenvalue weighted by molar-refractivity contribution is -0.137. The smallest absolute Gasteiger partial charge is 0.330 e. The molecule has 1 aromatic carbocycles. The standard InChI is InChI=1S/C14H19F3N2/c1-19-8-10(7-18)5-12(9-19)11-3-2-4-13(6-11)14(15,16)17/h2-4,6,10,12H,5,7-9,18H2,1H3. The van der Waals surface area contributed by atoms with Crippen LogP contribution in [-0.4, -0.2) is 31.6 Å². The molecule has 0 amide bonds. The third-order valence-corrected chi connectivity index (χ3v) is 3.74. The second-order valence-electron chi connectivity index (χ2n) is 5.38. The van der Waals surface area contributed by atoms with E-state index in [4.69, 9.17) is 5.73 Å². The molecule has 1 aromatic rings. The van der Waals surface area contributed by atoms with Crippen LogP contribution in [0.5, 0.6) is 0 Å². The minimum atomic E-state index is -4.27. The zero-order valence-corrected chi connectivity index (χ0v) is 11.0. The number of rotatable bonds is 2. The van der Waals surface area contributed by atoms with Crippen LogP contribution in [0.2, 0.25) is 0 Å². The molecular formula is C14H19F3N2. The van der Waals surface area contributed by atoms with E-state index in [1.807, 2.05) is 7.05 Å². The van der Waals surface area contributed by atoms with Gasteiger partial charge in [0, 0.05) is 13.1 Å². The molecule has 0 bridgehead atoms. The SMILES string of the molecule is CN1CC(CN)CC(c2cccc(C(F)(F)F)c2)C1. The number of nitrogens with zero attached hydrogens (tertiary/aromatic N) is 1. The molecule has 1 aliphatic heterocycles. The van der Waals surface area contributed by atoms with Crippen molar-refractivity contribution in [2.75, 3.05) is 26.7 Å². The lowest BCUT2D eigenvalue weighted by atomic mass is 9.84. The van der Waals surface area contributed by atoms with E-state index in [0.29, 0.717) is 12.5 Å². The highest BCUT2D eigenvalue weighted by Crippen LogP contribution is 2.34. The Balaban J connectivity index is 2.21. The molecule has 2 nitrogen and oxygen atoms in total. The van der Waals surface area contributed by atoms with Gasteiger partial charge in [-0.3, -0.25) is 0 Å². The number of likely N-dealkylation sites (tertiary alicyclic amines) is 1. The average molecular weight is 272 g/mol. The maximum Gasteiger partial charge on any atom is 0.416 e. The zero-order chi connectivity index (χ0) is 14.0. The second-order valence-corrected chi connectivity index (χ2v) is 5.38. The molecule has 1 fully saturated rings. The number of halogens is 3. The molecule has 1 saturated heterocycles. The predicted molar refractivity (Wildman–Crippen MR) is 68.8 cm³/mol. The number of hydrogen-bond acceptors (Lipinski definition) is 2. The second kappa shape index (κ2) is 5.51. The number of nitrogens with two attached hydrogens (primary N) is 1. The normalized spacial score (nSPS) is 25.5. The summed E-state index contributed by atoms with van der Waals surface area (Å²) >= 11 is 0. The highest BCUT2D eigenvalue weighted by Gasteiger charge is 2.32. The maximum absolute atomic E-state index is 12.7. The van der Waals surface area contributed by atoms with Gasteiger partial charge in [-0.15, -0.1) is 0 Å². The Morgan fingerprint density at radius 2 is 2.05 bits per heavy atom. The van der Waals surface area contributed by atoms with Crippen LogP contribution in [-0.2, 0) is 6.18 Å². The van der Waals surface area contributed by atoms with Gasteiger partial charge in [0.2, 0.25) is 0 Å². The molecule has 2 rings (SSSR count). The number of hydrogen-bond donors (Lipinski definition) is 1. The summed E-state index contributed by atoms with van der Waals surface area (Å²) in [6.07, 6.45) is -3.41. The fraction of sp³-hybridized carbons (Fsp3) is 0.571. The van der Waals surface area contributed by atoms with Crippen LogP contribution in [0.25, 0.3) is 0 Å². The van der Waals surface area contributed by atoms with Gasteiger partial charge < -0.3 is 10.6 Å². The van der Waals surface area contributed by atoms with Crippen molar-refractivity contribution in [1.82, 2.24) is 4.90 Å². The number of likely N-dealkylation sites (N-methyl/N-ethyl adjacent to an activating group) is 1. The van der Waals surface area contributed by atoms with Gasteiger partial charge in [0.05, 0.1) is 5.56 Å². The van der Waals surface area contributed by atoms with Crippen LogP contribution in [0.15, 0.2) is 24.3 Å². The van der Waals surface area contributed by atoms with E-state index >= 15 is 0 Å². The molecular weight excluding hydrogens is 253 g/mol. The van der Waals surface area contributed by atoms with Crippen LogP contribution in [0.3, 0.4) is 0 Å². The first-order chi connectivity index (χ1) is 8.90. The van der Waals surface area contributed by atoms with Crippen molar-refractivity contribution in [2.24, 2.45) is 11.7 Å². The summed E-state index contributed by atoms with van der Waals surface area (Å²) in [7, 11) is 1.99. The van der Waals surface area contributed by atoms with E-state index in [9.17, 15) is 13.2 Å². The van der Waals surface area contributed by atoms with E-state index < -0.39 is 11.7 Å². The van der Waals surface area contributed by atoms with E-state index in [1.165, 1.54) is 12.1 Å². The highest BCUT2D eigenvalue weighted by atomic mass is 19.4. The Bertz CT molecular complexity index is 431. The van der Waals surface area contributed by atoms with Gasteiger partial charge >= 0.3 is 6.18 Å². The van der Waals surface area contributed by atoms with Crippen molar-refractivity contribution in [2.45, 2.75) is 18.5 Å². The van der Waals surface area contributed by atoms with Gasteiger partial charge in [-0.25, -0.2) is 0 Å². The first-order valence-corrected chi connectivity index (χ1v) is 6.46. The number of benzene rings is 1. The van der Waals surface area contributed by atoms with Gasteiger partial charge in [-0.1, -0.05) is 18.2 Å². The largest absolute Gasteiger partial charge is 0.416 e. The summed E-state index contributed by atoms with van der Waals surface area (Å²) in [5.41, 5.74) is 5.89. The minimum absolute atomic E-state index is 0.134. The Hall–Kier alpha value is -1.07. The molecule has 1 heterocycles. The van der Waals surface area contributed by atoms with Gasteiger partial charge in [-0.05, 0) is 43.5 Å². The highest BCUT2D eigenvalue weighted by molar-refractivity contribution is 5.29. The molecule has 0 aliphatic carbocycles. The maximum atomic E-state index is 12.7. The minimum Gasteiger partial charge on any atom is -0.330 e. The van der Waals surface area contributed by atoms with Gasteiger partial charge in [0.15, 0.2) is 0 Å². The van der Waals surface area contributed by atoms with Crippen LogP contribution in [0, 0.1) is 5.92 Å². The van der Waals surface area contributed by atoms with Crippen molar-refractivity contribution in [3.8, 4) is 0 Å². The Labute approximate surface area is 111 Å².